The van der Waals surface area contributed by atoms with Crippen molar-refractivity contribution in [2.75, 3.05) is 0 Å². The van der Waals surface area contributed by atoms with Gasteiger partial charge in [-0.3, -0.25) is 19.9 Å². The molecular formula is C28H12MgN12. The first kappa shape index (κ1) is 23.6. The van der Waals surface area contributed by atoms with Crippen LogP contribution in [0, 0.1) is 0 Å². The molecule has 0 radical (unpaired) electrons. The van der Waals surface area contributed by atoms with Gasteiger partial charge in [0.2, 0.25) is 0 Å². The molecule has 8 bridgehead atoms. The molecule has 0 aromatic carbocycles. The fraction of sp³-hybridized carbons (Fsp3) is 0. The van der Waals surface area contributed by atoms with E-state index in [2.05, 4.69) is 19.9 Å². The zero-order valence-electron chi connectivity index (χ0n) is 21.0. The van der Waals surface area contributed by atoms with E-state index in [1.165, 1.54) is 0 Å². The molecule has 0 unspecified atom stereocenters. The van der Waals surface area contributed by atoms with Crippen LogP contribution in [0.5, 0.6) is 0 Å². The Morgan fingerprint density at radius 3 is 1.37 bits per heavy atom. The second kappa shape index (κ2) is 8.87. The van der Waals surface area contributed by atoms with Crippen molar-refractivity contribution in [1.82, 2.24) is 59.8 Å². The first-order valence-electron chi connectivity index (χ1n) is 12.3. The molecule has 0 aliphatic carbocycles. The zero-order chi connectivity index (χ0) is 26.2. The van der Waals surface area contributed by atoms with Gasteiger partial charge in [-0.15, -0.1) is 0 Å². The minimum absolute atomic E-state index is 0. The summed E-state index contributed by atoms with van der Waals surface area (Å²) in [5, 5.41) is 1.46. The van der Waals surface area contributed by atoms with Gasteiger partial charge in [0.15, 0.2) is 0 Å². The van der Waals surface area contributed by atoms with E-state index in [9.17, 15) is 0 Å². The molecule has 0 amide bonds. The molecule has 0 saturated carbocycles. The quantitative estimate of drug-likeness (QED) is 0.259. The molecule has 0 fully saturated rings. The van der Waals surface area contributed by atoms with Gasteiger partial charge in [-0.25, -0.2) is 9.97 Å². The molecule has 0 spiro atoms. The van der Waals surface area contributed by atoms with Gasteiger partial charge in [0, 0.05) is 69.3 Å². The Morgan fingerprint density at radius 2 is 0.829 bits per heavy atom. The minimum atomic E-state index is 0. The summed E-state index contributed by atoms with van der Waals surface area (Å²) in [7, 11) is 0. The zero-order valence-corrected chi connectivity index (χ0v) is 22.4. The van der Waals surface area contributed by atoms with Gasteiger partial charge in [-0.2, -0.15) is 0 Å². The van der Waals surface area contributed by atoms with Crippen LogP contribution in [-0.2, 0) is 0 Å². The van der Waals surface area contributed by atoms with Gasteiger partial charge < -0.3 is 29.9 Å². The molecule has 7 aromatic rings. The number of hydrogen-bond acceptors (Lipinski definition) is 10. The first-order valence-corrected chi connectivity index (χ1v) is 12.3. The smallest absolute Gasteiger partial charge is 0.356 e. The molecule has 2 aliphatic rings. The molecule has 0 atom stereocenters. The number of fused-ring (bicyclic) bond motifs is 20. The first-order chi connectivity index (χ1) is 19.8. The Labute approximate surface area is 245 Å². The third-order valence-electron chi connectivity index (χ3n) is 6.74. The number of nitrogens with zero attached hydrogens (tertiary/aromatic N) is 12. The van der Waals surface area contributed by atoms with Gasteiger partial charge in [0.1, 0.15) is 23.0 Å². The van der Waals surface area contributed by atoms with Gasteiger partial charge in [-0.1, -0.05) is 12.1 Å². The number of hydrogen-bond donors (Lipinski definition) is 0. The standard InChI is InChI=1S/C28H12N12.Mg/c1-5-13-17(29-9-1)25-34-21(13)33-22-14-6-2-11-31-19(14)27(35-22)40-28-20-16(8-4-12-32-20)24(39-28)38-26-18-15(7-3-10-30-18)23(36-25)37-26;/h1-12H;/q-2;+2. The molecule has 9 rings (SSSR count). The Morgan fingerprint density at radius 1 is 0.415 bits per heavy atom. The fourth-order valence-corrected chi connectivity index (χ4v) is 4.96. The van der Waals surface area contributed by atoms with E-state index >= 15 is 0 Å². The van der Waals surface area contributed by atoms with Crippen LogP contribution in [-0.4, -0.2) is 72.9 Å². The van der Waals surface area contributed by atoms with Crippen LogP contribution in [0.25, 0.3) is 90.2 Å². The predicted molar refractivity (Wildman–Crippen MR) is 151 cm³/mol. The summed E-state index contributed by atoms with van der Waals surface area (Å²) >= 11 is 0. The molecule has 186 valence electrons. The second-order valence-electron chi connectivity index (χ2n) is 9.08. The van der Waals surface area contributed by atoms with Gasteiger partial charge >= 0.3 is 23.1 Å². The fourth-order valence-electron chi connectivity index (χ4n) is 4.96. The van der Waals surface area contributed by atoms with E-state index < -0.39 is 0 Å². The third-order valence-corrected chi connectivity index (χ3v) is 6.74. The Balaban J connectivity index is 0.00000256. The van der Waals surface area contributed by atoms with Crippen LogP contribution < -0.4 is 9.97 Å². The maximum Gasteiger partial charge on any atom is 2.00 e. The van der Waals surface area contributed by atoms with Crippen molar-refractivity contribution in [3.8, 4) is 45.8 Å². The molecule has 41 heavy (non-hydrogen) atoms. The van der Waals surface area contributed by atoms with E-state index in [1.807, 2.05) is 48.5 Å². The van der Waals surface area contributed by atoms with Crippen LogP contribution in [0.4, 0.5) is 0 Å². The van der Waals surface area contributed by atoms with Crippen LogP contribution in [0.1, 0.15) is 0 Å². The molecule has 0 saturated heterocycles. The van der Waals surface area contributed by atoms with Crippen molar-refractivity contribution in [2.45, 2.75) is 0 Å². The summed E-state index contributed by atoms with van der Waals surface area (Å²) < 4.78 is 0. The SMILES string of the molecule is [Mg+2].c1cnc2c(c1)-c1nc-2nc2[n-]c(nc3nc(nc4[n-]c(n1)c1ncccc41)-c1cccnc1-3)c1ncccc21. The largest absolute Gasteiger partial charge is 2.00 e. The van der Waals surface area contributed by atoms with E-state index in [0.29, 0.717) is 68.3 Å². The normalized spacial score (nSPS) is 11.7. The number of rotatable bonds is 0. The molecular weight excluding hydrogens is 529 g/mol. The van der Waals surface area contributed by atoms with Crippen molar-refractivity contribution < 1.29 is 0 Å². The van der Waals surface area contributed by atoms with Crippen molar-refractivity contribution in [3.05, 3.63) is 73.3 Å². The van der Waals surface area contributed by atoms with Crippen molar-refractivity contribution in [1.29, 1.82) is 0 Å². The maximum absolute atomic E-state index is 4.84. The van der Waals surface area contributed by atoms with E-state index in [1.54, 1.807) is 24.8 Å². The molecule has 7 aromatic heterocycles. The van der Waals surface area contributed by atoms with Gasteiger partial charge in [0.05, 0.1) is 22.7 Å². The molecule has 0 N–H and O–H groups in total. The Kier molecular flexibility index (Phi) is 5.11. The summed E-state index contributed by atoms with van der Waals surface area (Å²) in [5.74, 6) is 1.61. The summed E-state index contributed by atoms with van der Waals surface area (Å²) in [5.41, 5.74) is 5.44. The van der Waals surface area contributed by atoms with Crippen LogP contribution in [0.15, 0.2) is 73.3 Å². The van der Waals surface area contributed by atoms with Gasteiger partial charge in [-0.05, 0) is 36.4 Å². The minimum Gasteiger partial charge on any atom is -0.356 e. The Hall–Kier alpha value is -5.27. The summed E-state index contributed by atoms with van der Waals surface area (Å²) in [6.07, 6.45) is 6.78. The summed E-state index contributed by atoms with van der Waals surface area (Å²) in [6.45, 7) is 0. The van der Waals surface area contributed by atoms with E-state index in [-0.39, 0.29) is 23.1 Å². The molecule has 12 nitrogen and oxygen atoms in total. The van der Waals surface area contributed by atoms with Crippen molar-refractivity contribution in [2.24, 2.45) is 0 Å². The predicted octanol–water partition coefficient (Wildman–Crippen LogP) is 3.33. The number of aromatic nitrogens is 12. The van der Waals surface area contributed by atoms with Crippen molar-refractivity contribution >= 4 is 67.4 Å². The Bertz CT molecular complexity index is 2040. The second-order valence-corrected chi connectivity index (χ2v) is 9.08. The van der Waals surface area contributed by atoms with Gasteiger partial charge in [0.25, 0.3) is 0 Å². The monoisotopic (exact) mass is 540 g/mol. The third kappa shape index (κ3) is 3.52. The average molecular weight is 541 g/mol. The van der Waals surface area contributed by atoms with Crippen molar-refractivity contribution in [3.63, 3.8) is 0 Å². The van der Waals surface area contributed by atoms with Crippen LogP contribution in [0.3, 0.4) is 0 Å². The summed E-state index contributed by atoms with van der Waals surface area (Å²) in [4.78, 5) is 56.4. The van der Waals surface area contributed by atoms with E-state index in [4.69, 9.17) is 39.9 Å². The summed E-state index contributed by atoms with van der Waals surface area (Å²) in [6, 6.07) is 14.9. The maximum atomic E-state index is 4.84. The molecule has 9 heterocycles. The molecule has 13 heteroatoms. The van der Waals surface area contributed by atoms with Crippen LogP contribution >= 0.6 is 0 Å². The average Bonchev–Trinajstić information content (AvgIpc) is 3.73. The van der Waals surface area contributed by atoms with Crippen LogP contribution in [0.2, 0.25) is 0 Å². The van der Waals surface area contributed by atoms with E-state index in [0.717, 1.165) is 21.9 Å². The molecule has 2 aliphatic heterocycles. The number of pyridine rings is 4. The topological polar surface area (TPSA) is 157 Å².